The van der Waals surface area contributed by atoms with Crippen LogP contribution in [0.4, 0.5) is 0 Å². The van der Waals surface area contributed by atoms with E-state index in [4.69, 9.17) is 9.47 Å². The van der Waals surface area contributed by atoms with Crippen LogP contribution in [0.1, 0.15) is 29.2 Å². The zero-order chi connectivity index (χ0) is 23.9. The Morgan fingerprint density at radius 3 is 2.53 bits per heavy atom. The van der Waals surface area contributed by atoms with Gasteiger partial charge in [0, 0.05) is 30.1 Å². The Bertz CT molecular complexity index is 1250. The molecule has 4 aromatic rings. The molecule has 1 atom stereocenters. The van der Waals surface area contributed by atoms with E-state index in [-0.39, 0.29) is 0 Å². The fourth-order valence-corrected chi connectivity index (χ4v) is 3.90. The summed E-state index contributed by atoms with van der Waals surface area (Å²) in [7, 11) is 0. The molecule has 0 radical (unpaired) electrons. The summed E-state index contributed by atoms with van der Waals surface area (Å²) in [5.41, 5.74) is 5.20. The number of aliphatic carboxylic acids is 1. The fourth-order valence-electron chi connectivity index (χ4n) is 3.90. The maximum Gasteiger partial charge on any atom is 0.321 e. The third kappa shape index (κ3) is 5.77. The molecule has 0 saturated heterocycles. The third-order valence-corrected chi connectivity index (χ3v) is 5.77. The molecule has 0 amide bonds. The van der Waals surface area contributed by atoms with Crippen molar-refractivity contribution in [3.8, 4) is 11.5 Å². The highest BCUT2D eigenvalue weighted by Gasteiger charge is 2.19. The summed E-state index contributed by atoms with van der Waals surface area (Å²) >= 11 is 0. The zero-order valence-corrected chi connectivity index (χ0v) is 19.5. The average Bonchev–Trinajstić information content (AvgIpc) is 3.25. The molecule has 0 bridgehead atoms. The summed E-state index contributed by atoms with van der Waals surface area (Å²) < 4.78 is 11.8. The number of aromatic amines is 1. The van der Waals surface area contributed by atoms with Crippen LogP contribution in [-0.2, 0) is 24.4 Å². The van der Waals surface area contributed by atoms with Gasteiger partial charge in [-0.1, -0.05) is 54.1 Å². The van der Waals surface area contributed by atoms with E-state index in [2.05, 4.69) is 29.4 Å². The molecule has 176 valence electrons. The molecule has 6 nitrogen and oxygen atoms in total. The number of rotatable bonds is 11. The van der Waals surface area contributed by atoms with Gasteiger partial charge in [0.2, 0.25) is 0 Å². The van der Waals surface area contributed by atoms with Crippen molar-refractivity contribution in [1.82, 2.24) is 10.3 Å². The van der Waals surface area contributed by atoms with E-state index < -0.39 is 12.0 Å². The number of H-pyrrole nitrogens is 1. The number of aryl methyl sites for hydroxylation is 1. The third-order valence-electron chi connectivity index (χ3n) is 5.77. The molecular formula is C28H30N2O4. The number of carbonyl (C=O) groups is 1. The van der Waals surface area contributed by atoms with Crippen molar-refractivity contribution < 1.29 is 19.4 Å². The van der Waals surface area contributed by atoms with Crippen LogP contribution >= 0.6 is 0 Å². The van der Waals surface area contributed by atoms with Gasteiger partial charge in [0.15, 0.2) is 11.5 Å². The maximum atomic E-state index is 11.9. The van der Waals surface area contributed by atoms with E-state index in [9.17, 15) is 9.90 Å². The van der Waals surface area contributed by atoms with Crippen LogP contribution < -0.4 is 14.8 Å². The number of fused-ring (bicyclic) bond motifs is 1. The van der Waals surface area contributed by atoms with Crippen LogP contribution in [0.3, 0.4) is 0 Å². The molecule has 1 heterocycles. The van der Waals surface area contributed by atoms with Gasteiger partial charge < -0.3 is 24.9 Å². The minimum Gasteiger partial charge on any atom is -0.490 e. The number of hydrogen-bond donors (Lipinski definition) is 3. The van der Waals surface area contributed by atoms with Gasteiger partial charge in [0.1, 0.15) is 12.6 Å². The first-order chi connectivity index (χ1) is 16.5. The smallest absolute Gasteiger partial charge is 0.321 e. The molecule has 3 aromatic carbocycles. The topological polar surface area (TPSA) is 83.6 Å². The molecule has 0 aliphatic carbocycles. The molecule has 0 aliphatic rings. The Morgan fingerprint density at radius 2 is 1.76 bits per heavy atom. The van der Waals surface area contributed by atoms with Gasteiger partial charge in [0.05, 0.1) is 6.61 Å². The largest absolute Gasteiger partial charge is 0.490 e. The van der Waals surface area contributed by atoms with Crippen LogP contribution in [0.15, 0.2) is 72.9 Å². The Morgan fingerprint density at radius 1 is 1.00 bits per heavy atom. The number of nitrogens with one attached hydrogen (secondary N) is 2. The molecule has 1 aromatic heterocycles. The number of carboxylic acid groups (broad SMARTS) is 1. The number of aromatic nitrogens is 1. The van der Waals surface area contributed by atoms with Gasteiger partial charge >= 0.3 is 5.97 Å². The lowest BCUT2D eigenvalue weighted by Gasteiger charge is -2.16. The van der Waals surface area contributed by atoms with E-state index >= 15 is 0 Å². The van der Waals surface area contributed by atoms with Crippen molar-refractivity contribution in [2.45, 2.75) is 39.5 Å². The van der Waals surface area contributed by atoms with E-state index in [1.54, 1.807) is 0 Å². The first-order valence-corrected chi connectivity index (χ1v) is 11.5. The Labute approximate surface area is 199 Å². The van der Waals surface area contributed by atoms with E-state index in [0.717, 1.165) is 27.6 Å². The predicted molar refractivity (Wildman–Crippen MR) is 133 cm³/mol. The van der Waals surface area contributed by atoms with Gasteiger partial charge in [-0.15, -0.1) is 0 Å². The van der Waals surface area contributed by atoms with Gasteiger partial charge in [0.25, 0.3) is 0 Å². The molecule has 0 saturated carbocycles. The molecule has 0 fully saturated rings. The Kier molecular flexibility index (Phi) is 7.50. The van der Waals surface area contributed by atoms with Crippen molar-refractivity contribution in [3.63, 3.8) is 0 Å². The highest BCUT2D eigenvalue weighted by Crippen LogP contribution is 2.29. The van der Waals surface area contributed by atoms with Gasteiger partial charge in [-0.05, 0) is 48.7 Å². The van der Waals surface area contributed by atoms with E-state index in [0.29, 0.717) is 37.7 Å². The Balaban J connectivity index is 1.42. The summed E-state index contributed by atoms with van der Waals surface area (Å²) in [5, 5.41) is 14.0. The zero-order valence-electron chi connectivity index (χ0n) is 19.5. The summed E-state index contributed by atoms with van der Waals surface area (Å²) in [5.74, 6) is 0.436. The summed E-state index contributed by atoms with van der Waals surface area (Å²) in [6.45, 7) is 5.34. The summed E-state index contributed by atoms with van der Waals surface area (Å²) in [6, 6.07) is 21.1. The van der Waals surface area contributed by atoms with Crippen molar-refractivity contribution in [3.05, 3.63) is 95.2 Å². The second-order valence-corrected chi connectivity index (χ2v) is 8.32. The lowest BCUT2D eigenvalue weighted by atomic mass is 10.0. The molecule has 34 heavy (non-hydrogen) atoms. The minimum absolute atomic E-state index is 0.384. The van der Waals surface area contributed by atoms with Crippen LogP contribution in [-0.4, -0.2) is 28.7 Å². The van der Waals surface area contributed by atoms with Gasteiger partial charge in [-0.3, -0.25) is 4.79 Å². The normalized spacial score (nSPS) is 11.9. The van der Waals surface area contributed by atoms with Crippen molar-refractivity contribution in [1.29, 1.82) is 0 Å². The quantitative estimate of drug-likeness (QED) is 0.286. The molecule has 0 aliphatic heterocycles. The number of carboxylic acids is 1. The predicted octanol–water partition coefficient (Wildman–Crippen LogP) is 5.24. The first kappa shape index (κ1) is 23.4. The summed E-state index contributed by atoms with van der Waals surface area (Å²) in [4.78, 5) is 15.1. The maximum absolute atomic E-state index is 11.9. The van der Waals surface area contributed by atoms with Crippen molar-refractivity contribution in [2.75, 3.05) is 6.61 Å². The van der Waals surface area contributed by atoms with E-state index in [1.807, 2.05) is 67.7 Å². The van der Waals surface area contributed by atoms with Crippen LogP contribution in [0.5, 0.6) is 11.5 Å². The lowest BCUT2D eigenvalue weighted by Crippen LogP contribution is -2.38. The SMILES string of the molecule is CCOc1cc(CN[C@H](Cc2c[nH]c3ccccc23)C(=O)O)ccc1OCc1ccc(C)cc1. The second kappa shape index (κ2) is 10.9. The lowest BCUT2D eigenvalue weighted by molar-refractivity contribution is -0.139. The number of benzene rings is 3. The second-order valence-electron chi connectivity index (χ2n) is 8.32. The molecule has 3 N–H and O–H groups in total. The fraction of sp³-hybridized carbons (Fsp3) is 0.250. The van der Waals surface area contributed by atoms with Crippen LogP contribution in [0, 0.1) is 6.92 Å². The standard InChI is InChI=1S/C28H30N2O4/c1-3-33-27-14-21(12-13-26(27)34-18-20-10-8-19(2)9-11-20)16-29-25(28(31)32)15-22-17-30-24-7-5-4-6-23(22)24/h4-14,17,25,29-30H,3,15-16,18H2,1-2H3,(H,31,32)/t25-/m1/s1. The van der Waals surface area contributed by atoms with Crippen LogP contribution in [0.25, 0.3) is 10.9 Å². The molecular weight excluding hydrogens is 428 g/mol. The monoisotopic (exact) mass is 458 g/mol. The Hall–Kier alpha value is -3.77. The van der Waals surface area contributed by atoms with E-state index in [1.165, 1.54) is 5.56 Å². The minimum atomic E-state index is -0.881. The molecule has 4 rings (SSSR count). The molecule has 0 unspecified atom stereocenters. The van der Waals surface area contributed by atoms with Gasteiger partial charge in [-0.2, -0.15) is 0 Å². The number of ether oxygens (including phenoxy) is 2. The molecule has 0 spiro atoms. The highest BCUT2D eigenvalue weighted by atomic mass is 16.5. The summed E-state index contributed by atoms with van der Waals surface area (Å²) in [6.07, 6.45) is 2.27. The first-order valence-electron chi connectivity index (χ1n) is 11.5. The number of hydrogen-bond acceptors (Lipinski definition) is 4. The molecule has 6 heteroatoms. The number of para-hydroxylation sites is 1. The van der Waals surface area contributed by atoms with Crippen molar-refractivity contribution in [2.24, 2.45) is 0 Å². The van der Waals surface area contributed by atoms with Crippen molar-refractivity contribution >= 4 is 16.9 Å². The van der Waals surface area contributed by atoms with Crippen LogP contribution in [0.2, 0.25) is 0 Å². The average molecular weight is 459 g/mol. The van der Waals surface area contributed by atoms with Gasteiger partial charge in [-0.25, -0.2) is 0 Å². The highest BCUT2D eigenvalue weighted by molar-refractivity contribution is 5.84.